The molecule has 0 amide bonds. The molecule has 6 aliphatic carbocycles. The molecule has 1 aromatic carbocycles. The number of Topliss-reactive ketones (excluding diaryl/α,β-unsaturated/α-hetero) is 1. The Labute approximate surface area is 370 Å². The Kier molecular flexibility index (Phi) is 10.5. The van der Waals surface area contributed by atoms with E-state index in [0.29, 0.717) is 50.6 Å². The molecule has 4 saturated carbocycles. The maximum atomic E-state index is 15.3. The Hall–Kier alpha value is -2.53. The van der Waals surface area contributed by atoms with Gasteiger partial charge in [-0.2, -0.15) is 0 Å². The van der Waals surface area contributed by atoms with Crippen LogP contribution >= 0.6 is 0 Å². The average Bonchev–Trinajstić information content (AvgIpc) is 3.88. The zero-order chi connectivity index (χ0) is 43.7. The fourth-order valence-electron chi connectivity index (χ4n) is 17.0. The van der Waals surface area contributed by atoms with Crippen LogP contribution in [0.1, 0.15) is 136 Å². The van der Waals surface area contributed by atoms with E-state index >= 15 is 4.79 Å². The van der Waals surface area contributed by atoms with Crippen molar-refractivity contribution < 1.29 is 34.7 Å². The Morgan fingerprint density at radius 3 is 2.48 bits per heavy atom. The van der Waals surface area contributed by atoms with E-state index in [4.69, 9.17) is 15.2 Å². The number of ketones is 1. The molecule has 3 aliphatic heterocycles. The van der Waals surface area contributed by atoms with Crippen LogP contribution in [0.2, 0.25) is 0 Å². The van der Waals surface area contributed by atoms with Gasteiger partial charge in [-0.1, -0.05) is 76.9 Å². The Morgan fingerprint density at radius 2 is 1.77 bits per heavy atom. The number of dihydropyridines is 1. The summed E-state index contributed by atoms with van der Waals surface area (Å²) >= 11 is 0. The molecule has 340 valence electrons. The number of hydrogen-bond acceptors (Lipinski definition) is 9. The molecule has 6 fully saturated rings. The standard InChI is InChI=1S/C53H76N2O7/c1-32-19-24-61-52(28-32,46-45(62-46)50(5,59)47(2,31-56)22-17-34-18-23-55-41(54)25-34)40-26-36-15-16-38-43-42(49(4)39(44(38)58)27-37(57)30-51(49)20-9-10-21-51)35(29-48(40,3)53(36,43)60)14-13-33-11-7-6-8-12-33/h6-8,11-12,18,25,32,35-37,39-40,42,45-46,55-57,59-60H,9-10,13-17,19-24,26-31,54H2,1-5H3/t32-,35-,36-,37-,39+,40+,42+,45+,46+,47+,48-,49+,50+,52-,53-/m1/s1. The summed E-state index contributed by atoms with van der Waals surface area (Å²) in [7, 11) is 0. The average molecular weight is 853 g/mol. The second-order valence-electron chi connectivity index (χ2n) is 23.4. The maximum Gasteiger partial charge on any atom is 0.162 e. The minimum absolute atomic E-state index is 0.0210. The van der Waals surface area contributed by atoms with Gasteiger partial charge in [0.15, 0.2) is 5.78 Å². The number of aryl methyl sites for hydroxylation is 1. The molecule has 0 radical (unpaired) electrons. The van der Waals surface area contributed by atoms with Gasteiger partial charge in [0, 0.05) is 29.9 Å². The molecule has 9 nitrogen and oxygen atoms in total. The van der Waals surface area contributed by atoms with Crippen molar-refractivity contribution in [2.45, 2.75) is 172 Å². The number of aliphatic hydroxyl groups is 4. The van der Waals surface area contributed by atoms with Gasteiger partial charge in [-0.25, -0.2) is 0 Å². The number of carbonyl (C=O) groups excluding carboxylic acids is 1. The van der Waals surface area contributed by atoms with E-state index in [9.17, 15) is 20.4 Å². The zero-order valence-corrected chi connectivity index (χ0v) is 38.3. The molecule has 3 heterocycles. The molecular weight excluding hydrogens is 777 g/mol. The van der Waals surface area contributed by atoms with E-state index in [0.717, 1.165) is 93.8 Å². The SMILES string of the molecule is C[C@@H]1CCO[C@]([C@H]2C[C@H]3CCC4=C5[C@H]([C@H](CCc6ccccc6)C[C@@]2(C)[C@]53O)[C@]2(C)[C@@H](C[C@@H](O)CC23CCCC3)C4=O)([C@H]2O[C@@H]2[C@](C)(O)[C@](C)(CO)CCC2=CCNC(N)=C2)C1. The second-order valence-corrected chi connectivity index (χ2v) is 23.4. The van der Waals surface area contributed by atoms with Gasteiger partial charge in [0.2, 0.25) is 0 Å². The Bertz CT molecular complexity index is 2020. The number of rotatable bonds is 11. The molecule has 0 bridgehead atoms. The highest BCUT2D eigenvalue weighted by atomic mass is 16.6. The van der Waals surface area contributed by atoms with E-state index in [1.54, 1.807) is 0 Å². The first kappa shape index (κ1) is 43.4. The summed E-state index contributed by atoms with van der Waals surface area (Å²) in [4.78, 5) is 15.3. The third-order valence-electron chi connectivity index (χ3n) is 20.5. The lowest BCUT2D eigenvalue weighted by Crippen LogP contribution is -2.70. The number of benzene rings is 1. The third kappa shape index (κ3) is 6.02. The fraction of sp³-hybridized carbons (Fsp3) is 0.755. The molecule has 15 atom stereocenters. The zero-order valence-electron chi connectivity index (χ0n) is 38.3. The van der Waals surface area contributed by atoms with Crippen LogP contribution in [0.15, 0.2) is 65.0 Å². The summed E-state index contributed by atoms with van der Waals surface area (Å²) in [5.41, 5.74) is 5.21. The van der Waals surface area contributed by atoms with Crippen molar-refractivity contribution in [3.8, 4) is 0 Å². The summed E-state index contributed by atoms with van der Waals surface area (Å²) in [5, 5.41) is 52.9. The van der Waals surface area contributed by atoms with E-state index in [2.05, 4.69) is 62.5 Å². The number of nitrogens with one attached hydrogen (secondary N) is 1. The number of nitrogens with two attached hydrogens (primary N) is 1. The first-order chi connectivity index (χ1) is 29.5. The summed E-state index contributed by atoms with van der Waals surface area (Å²) < 4.78 is 14.2. The van der Waals surface area contributed by atoms with Crippen LogP contribution in [0.5, 0.6) is 0 Å². The van der Waals surface area contributed by atoms with E-state index in [1.165, 1.54) is 5.56 Å². The number of carbonyl (C=O) groups is 1. The van der Waals surface area contributed by atoms with Crippen molar-refractivity contribution in [1.29, 1.82) is 0 Å². The number of epoxide rings is 1. The summed E-state index contributed by atoms with van der Waals surface area (Å²) in [6.07, 6.45) is 16.1. The van der Waals surface area contributed by atoms with Crippen LogP contribution in [0.4, 0.5) is 0 Å². The van der Waals surface area contributed by atoms with Gasteiger partial charge < -0.3 is 41.0 Å². The highest BCUT2D eigenvalue weighted by Crippen LogP contribution is 2.79. The van der Waals surface area contributed by atoms with Gasteiger partial charge in [-0.05, 0) is 166 Å². The van der Waals surface area contributed by atoms with Gasteiger partial charge in [0.05, 0.1) is 29.7 Å². The van der Waals surface area contributed by atoms with Crippen molar-refractivity contribution in [3.63, 3.8) is 0 Å². The van der Waals surface area contributed by atoms with Crippen molar-refractivity contribution >= 4 is 5.78 Å². The van der Waals surface area contributed by atoms with Crippen LogP contribution in [-0.4, -0.2) is 81.1 Å². The lowest BCUT2D eigenvalue weighted by Gasteiger charge is -2.69. The van der Waals surface area contributed by atoms with Gasteiger partial charge >= 0.3 is 0 Å². The molecular formula is C53H76N2O7. The largest absolute Gasteiger partial charge is 0.396 e. The van der Waals surface area contributed by atoms with Crippen molar-refractivity contribution in [1.82, 2.24) is 5.32 Å². The summed E-state index contributed by atoms with van der Waals surface area (Å²) in [6, 6.07) is 10.8. The summed E-state index contributed by atoms with van der Waals surface area (Å²) in [6.45, 7) is 12.0. The van der Waals surface area contributed by atoms with Crippen LogP contribution in [-0.2, 0) is 20.7 Å². The molecule has 62 heavy (non-hydrogen) atoms. The van der Waals surface area contributed by atoms with Crippen LogP contribution in [0.25, 0.3) is 0 Å². The molecule has 1 aromatic rings. The Balaban J connectivity index is 1.06. The number of fused-ring (bicyclic) bond motifs is 3. The molecule has 7 N–H and O–H groups in total. The summed E-state index contributed by atoms with van der Waals surface area (Å²) in [5.74, 6) is 1.16. The third-order valence-corrected chi connectivity index (χ3v) is 20.5. The van der Waals surface area contributed by atoms with E-state index in [1.807, 2.05) is 19.9 Å². The van der Waals surface area contributed by atoms with Gasteiger partial charge in [0.25, 0.3) is 0 Å². The van der Waals surface area contributed by atoms with E-state index in [-0.39, 0.29) is 52.8 Å². The first-order valence-electron chi connectivity index (χ1n) is 24.7. The second kappa shape index (κ2) is 15.0. The molecule has 10 rings (SSSR count). The minimum atomic E-state index is -1.37. The number of allylic oxidation sites excluding steroid dienone is 3. The highest BCUT2D eigenvalue weighted by Gasteiger charge is 2.80. The normalized spacial score (nSPS) is 45.0. The van der Waals surface area contributed by atoms with Crippen molar-refractivity contribution in [3.05, 3.63) is 70.6 Å². The van der Waals surface area contributed by atoms with Crippen LogP contribution in [0.3, 0.4) is 0 Å². The Morgan fingerprint density at radius 1 is 1.02 bits per heavy atom. The first-order valence-corrected chi connectivity index (χ1v) is 24.7. The maximum absolute atomic E-state index is 15.3. The topological polar surface area (TPSA) is 158 Å². The fourth-order valence-corrected chi connectivity index (χ4v) is 17.0. The highest BCUT2D eigenvalue weighted by molar-refractivity contribution is 6.00. The van der Waals surface area contributed by atoms with Crippen LogP contribution < -0.4 is 11.1 Å². The van der Waals surface area contributed by atoms with Gasteiger partial charge in [-0.15, -0.1) is 0 Å². The molecule has 0 unspecified atom stereocenters. The monoisotopic (exact) mass is 853 g/mol. The van der Waals surface area contributed by atoms with Gasteiger partial charge in [0.1, 0.15) is 17.8 Å². The quantitative estimate of drug-likeness (QED) is 0.125. The number of aliphatic hydroxyl groups excluding tert-OH is 2. The molecule has 2 saturated heterocycles. The van der Waals surface area contributed by atoms with Crippen molar-refractivity contribution in [2.75, 3.05) is 19.8 Å². The predicted octanol–water partition coefficient (Wildman–Crippen LogP) is 7.45. The molecule has 0 aromatic heterocycles. The lowest BCUT2D eigenvalue weighted by molar-refractivity contribution is -0.217. The minimum Gasteiger partial charge on any atom is -0.396 e. The van der Waals surface area contributed by atoms with E-state index < -0.39 is 45.9 Å². The number of hydrogen-bond donors (Lipinski definition) is 6. The molecule has 9 aliphatic rings. The van der Waals surface area contributed by atoms with Crippen LogP contribution in [0, 0.1) is 57.2 Å². The lowest BCUT2D eigenvalue weighted by atomic mass is 9.35. The molecule has 1 spiro atoms. The predicted molar refractivity (Wildman–Crippen MR) is 239 cm³/mol. The van der Waals surface area contributed by atoms with Gasteiger partial charge in [-0.3, -0.25) is 4.79 Å². The van der Waals surface area contributed by atoms with Crippen molar-refractivity contribution in [2.24, 2.45) is 62.9 Å². The number of ether oxygens (including phenoxy) is 2. The smallest absolute Gasteiger partial charge is 0.162 e. The molecule has 9 heteroatoms.